The minimum Gasteiger partial charge on any atom is -0.465 e. The number of halogens is 1. The Morgan fingerprint density at radius 1 is 1.09 bits per heavy atom. The summed E-state index contributed by atoms with van der Waals surface area (Å²) in [6.07, 6.45) is 0. The topological polar surface area (TPSA) is 70.0 Å². The average Bonchev–Trinajstić information content (AvgIpc) is 2.97. The standard InChI is InChI=1S/C25H30BClN2O5/c1-8-32-20(30)14-29-19-13-15(26-33-24(2,3)25(4,5)34-26)9-10-16(19)23(31)17-11-12-18(27)22(21(17)29)28(6)7/h9-13H,8,14H2,1-7H3. The second kappa shape index (κ2) is 8.59. The highest BCUT2D eigenvalue weighted by molar-refractivity contribution is 6.62. The molecule has 1 saturated heterocycles. The number of hydrogen-bond donors (Lipinski definition) is 0. The third-order valence-corrected chi connectivity index (χ3v) is 7.04. The van der Waals surface area contributed by atoms with Crippen molar-refractivity contribution in [3.05, 3.63) is 45.6 Å². The minimum atomic E-state index is -0.607. The Bertz CT molecular complexity index is 1330. The third-order valence-electron chi connectivity index (χ3n) is 6.74. The van der Waals surface area contributed by atoms with Crippen LogP contribution >= 0.6 is 11.6 Å². The molecule has 0 amide bonds. The van der Waals surface area contributed by atoms with Gasteiger partial charge in [0, 0.05) is 24.9 Å². The van der Waals surface area contributed by atoms with Crippen molar-refractivity contribution >= 4 is 57.6 Å². The molecule has 1 aliphatic heterocycles. The summed E-state index contributed by atoms with van der Waals surface area (Å²) in [6.45, 7) is 9.91. The number of carbonyl (C=O) groups excluding carboxylic acids is 1. The highest BCUT2D eigenvalue weighted by Crippen LogP contribution is 2.37. The van der Waals surface area contributed by atoms with Crippen LogP contribution < -0.4 is 15.8 Å². The summed E-state index contributed by atoms with van der Waals surface area (Å²) in [7, 11) is 3.10. The molecule has 4 rings (SSSR count). The quantitative estimate of drug-likeness (QED) is 0.312. The SMILES string of the molecule is CCOC(=O)Cn1c2cc(B3OC(C)(C)C(C)(C)O3)ccc2c(=O)c2ccc(Cl)c(N(C)C)c21. The van der Waals surface area contributed by atoms with Gasteiger partial charge in [0.1, 0.15) is 6.54 Å². The molecule has 0 aliphatic carbocycles. The number of fused-ring (bicyclic) bond motifs is 2. The van der Waals surface area contributed by atoms with Crippen LogP contribution in [0, 0.1) is 0 Å². The number of ether oxygens (including phenoxy) is 1. The molecule has 1 aromatic heterocycles. The van der Waals surface area contributed by atoms with Crippen LogP contribution in [0.25, 0.3) is 21.8 Å². The van der Waals surface area contributed by atoms with E-state index in [1.54, 1.807) is 29.7 Å². The lowest BCUT2D eigenvalue weighted by molar-refractivity contribution is -0.143. The Morgan fingerprint density at radius 2 is 1.71 bits per heavy atom. The van der Waals surface area contributed by atoms with Crippen LogP contribution in [0.15, 0.2) is 35.1 Å². The Hall–Kier alpha value is -2.55. The predicted molar refractivity (Wildman–Crippen MR) is 137 cm³/mol. The van der Waals surface area contributed by atoms with Crippen LogP contribution in [-0.2, 0) is 25.4 Å². The van der Waals surface area contributed by atoms with E-state index >= 15 is 0 Å². The first-order chi connectivity index (χ1) is 15.9. The number of aromatic nitrogens is 1. The smallest absolute Gasteiger partial charge is 0.465 e. The zero-order valence-electron chi connectivity index (χ0n) is 20.7. The number of pyridine rings is 1. The van der Waals surface area contributed by atoms with Gasteiger partial charge in [0.05, 0.1) is 39.6 Å². The molecule has 7 nitrogen and oxygen atoms in total. The monoisotopic (exact) mass is 484 g/mol. The van der Waals surface area contributed by atoms with Crippen molar-refractivity contribution in [3.63, 3.8) is 0 Å². The molecule has 180 valence electrons. The van der Waals surface area contributed by atoms with E-state index in [0.717, 1.165) is 5.46 Å². The number of hydrogen-bond acceptors (Lipinski definition) is 6. The molecule has 1 aliphatic rings. The highest BCUT2D eigenvalue weighted by atomic mass is 35.5. The van der Waals surface area contributed by atoms with Gasteiger partial charge in [-0.1, -0.05) is 17.7 Å². The fourth-order valence-corrected chi connectivity index (χ4v) is 4.61. The van der Waals surface area contributed by atoms with E-state index in [4.69, 9.17) is 25.6 Å². The lowest BCUT2D eigenvalue weighted by Crippen LogP contribution is -2.41. The molecule has 0 unspecified atom stereocenters. The second-order valence-electron chi connectivity index (χ2n) is 9.77. The third kappa shape index (κ3) is 3.98. The van der Waals surface area contributed by atoms with Crippen molar-refractivity contribution in [2.24, 2.45) is 0 Å². The summed E-state index contributed by atoms with van der Waals surface area (Å²) in [5.74, 6) is -0.403. The zero-order chi connectivity index (χ0) is 25.0. The molecule has 0 atom stereocenters. The van der Waals surface area contributed by atoms with Gasteiger partial charge in [0.2, 0.25) is 0 Å². The Labute approximate surface area is 204 Å². The van der Waals surface area contributed by atoms with E-state index in [2.05, 4.69) is 0 Å². The summed E-state index contributed by atoms with van der Waals surface area (Å²) in [5, 5.41) is 1.45. The first-order valence-corrected chi connectivity index (χ1v) is 11.7. The largest absolute Gasteiger partial charge is 0.494 e. The van der Waals surface area contributed by atoms with Gasteiger partial charge in [-0.05, 0) is 64.3 Å². The lowest BCUT2D eigenvalue weighted by Gasteiger charge is -2.32. The van der Waals surface area contributed by atoms with Crippen molar-refractivity contribution in [3.8, 4) is 0 Å². The molecule has 2 heterocycles. The van der Waals surface area contributed by atoms with Gasteiger partial charge in [-0.25, -0.2) is 0 Å². The lowest BCUT2D eigenvalue weighted by atomic mass is 9.78. The van der Waals surface area contributed by atoms with E-state index in [1.807, 2.05) is 58.8 Å². The molecule has 0 saturated carbocycles. The average molecular weight is 485 g/mol. The van der Waals surface area contributed by atoms with E-state index in [9.17, 15) is 9.59 Å². The van der Waals surface area contributed by atoms with Gasteiger partial charge in [-0.3, -0.25) is 9.59 Å². The maximum atomic E-state index is 13.5. The molecule has 0 bridgehead atoms. The van der Waals surface area contributed by atoms with Crippen LogP contribution in [0.1, 0.15) is 34.6 Å². The summed E-state index contributed by atoms with van der Waals surface area (Å²) in [6, 6.07) is 8.88. The molecular weight excluding hydrogens is 455 g/mol. The van der Waals surface area contributed by atoms with Crippen LogP contribution in [0.4, 0.5) is 5.69 Å². The van der Waals surface area contributed by atoms with E-state index in [1.165, 1.54) is 0 Å². The van der Waals surface area contributed by atoms with Gasteiger partial charge in [-0.15, -0.1) is 0 Å². The minimum absolute atomic E-state index is 0.0743. The van der Waals surface area contributed by atoms with Gasteiger partial charge < -0.3 is 23.5 Å². The molecular formula is C25H30BClN2O5. The van der Waals surface area contributed by atoms with Crippen LogP contribution in [0.2, 0.25) is 5.02 Å². The number of benzene rings is 2. The van der Waals surface area contributed by atoms with E-state index in [-0.39, 0.29) is 18.6 Å². The zero-order valence-corrected chi connectivity index (χ0v) is 21.4. The number of esters is 1. The molecule has 9 heteroatoms. The molecule has 1 fully saturated rings. The summed E-state index contributed by atoms with van der Waals surface area (Å²) >= 11 is 6.56. The maximum absolute atomic E-state index is 13.5. The second-order valence-corrected chi connectivity index (χ2v) is 10.2. The Morgan fingerprint density at radius 3 is 2.29 bits per heavy atom. The summed E-state index contributed by atoms with van der Waals surface area (Å²) in [4.78, 5) is 28.0. The van der Waals surface area contributed by atoms with E-state index in [0.29, 0.717) is 32.5 Å². The fraction of sp³-hybridized carbons (Fsp3) is 0.440. The molecule has 2 aromatic carbocycles. The van der Waals surface area contributed by atoms with Gasteiger partial charge in [0.15, 0.2) is 5.43 Å². The van der Waals surface area contributed by atoms with Gasteiger partial charge in [-0.2, -0.15) is 0 Å². The van der Waals surface area contributed by atoms with Crippen molar-refractivity contribution < 1.29 is 18.8 Å². The highest BCUT2D eigenvalue weighted by Gasteiger charge is 2.51. The number of rotatable bonds is 5. The Kier molecular flexibility index (Phi) is 6.21. The first kappa shape index (κ1) is 24.6. The van der Waals surface area contributed by atoms with Crippen molar-refractivity contribution in [1.29, 1.82) is 0 Å². The van der Waals surface area contributed by atoms with E-state index < -0.39 is 24.3 Å². The maximum Gasteiger partial charge on any atom is 0.494 e. The van der Waals surface area contributed by atoms with Crippen LogP contribution in [0.3, 0.4) is 0 Å². The van der Waals surface area contributed by atoms with Crippen molar-refractivity contribution in [2.45, 2.75) is 52.4 Å². The normalized spacial score (nSPS) is 16.9. The fourth-order valence-electron chi connectivity index (χ4n) is 4.29. The number of anilines is 1. The summed E-state index contributed by atoms with van der Waals surface area (Å²) < 4.78 is 19.5. The first-order valence-electron chi connectivity index (χ1n) is 11.3. The molecule has 34 heavy (non-hydrogen) atoms. The van der Waals surface area contributed by atoms with Crippen LogP contribution in [-0.4, -0.2) is 49.6 Å². The van der Waals surface area contributed by atoms with Gasteiger partial charge in [0.25, 0.3) is 0 Å². The predicted octanol–water partition coefficient (Wildman–Crippen LogP) is 3.74. The molecule has 3 aromatic rings. The van der Waals surface area contributed by atoms with Crippen molar-refractivity contribution in [2.75, 3.05) is 25.6 Å². The van der Waals surface area contributed by atoms with Crippen LogP contribution in [0.5, 0.6) is 0 Å². The molecule has 0 radical (unpaired) electrons. The summed E-state index contributed by atoms with van der Waals surface area (Å²) in [5.41, 5.74) is 1.43. The number of carbonyl (C=O) groups is 1. The van der Waals surface area contributed by atoms with Gasteiger partial charge >= 0.3 is 13.1 Å². The molecule has 0 spiro atoms. The number of nitrogens with zero attached hydrogens (tertiary/aromatic N) is 2. The Balaban J connectivity index is 2.03. The molecule has 0 N–H and O–H groups in total. The van der Waals surface area contributed by atoms with Crippen molar-refractivity contribution in [1.82, 2.24) is 4.57 Å².